The normalized spacial score (nSPS) is 12.4. The number of hydrogen-bond donors (Lipinski definition) is 1. The summed E-state index contributed by atoms with van der Waals surface area (Å²) in [6, 6.07) is 1.32. The van der Waals surface area contributed by atoms with Gasteiger partial charge >= 0.3 is 5.97 Å². The number of pyridine rings is 1. The van der Waals surface area contributed by atoms with Crippen molar-refractivity contribution in [3.05, 3.63) is 33.7 Å². The number of aromatic nitrogens is 1. The van der Waals surface area contributed by atoms with Gasteiger partial charge in [0.1, 0.15) is 5.56 Å². The van der Waals surface area contributed by atoms with Crippen LogP contribution in [0.1, 0.15) is 29.0 Å². The van der Waals surface area contributed by atoms with Gasteiger partial charge in [-0.3, -0.25) is 4.79 Å². The van der Waals surface area contributed by atoms with Crippen molar-refractivity contribution in [2.75, 3.05) is 13.7 Å². The Bertz CT molecular complexity index is 450. The first-order valence-electron chi connectivity index (χ1n) is 4.92. The molecule has 0 saturated carbocycles. The SMILES string of the molecule is COC[C@H](C)n1cc(C(=O)O)c(=O)cc1C. The molecule has 88 valence electrons. The van der Waals surface area contributed by atoms with E-state index in [4.69, 9.17) is 9.84 Å². The molecule has 0 spiro atoms. The van der Waals surface area contributed by atoms with E-state index in [2.05, 4.69) is 0 Å². The molecule has 0 aromatic carbocycles. The van der Waals surface area contributed by atoms with Crippen LogP contribution in [0.3, 0.4) is 0 Å². The van der Waals surface area contributed by atoms with E-state index < -0.39 is 11.4 Å². The van der Waals surface area contributed by atoms with Crippen molar-refractivity contribution in [2.45, 2.75) is 19.9 Å². The number of rotatable bonds is 4. The van der Waals surface area contributed by atoms with Gasteiger partial charge in [-0.15, -0.1) is 0 Å². The van der Waals surface area contributed by atoms with Gasteiger partial charge in [-0.05, 0) is 13.8 Å². The molecular weight excluding hydrogens is 210 g/mol. The Labute approximate surface area is 93.3 Å². The summed E-state index contributed by atoms with van der Waals surface area (Å²) in [7, 11) is 1.58. The zero-order valence-corrected chi connectivity index (χ0v) is 9.56. The minimum absolute atomic E-state index is 0.0105. The van der Waals surface area contributed by atoms with Gasteiger partial charge in [0, 0.05) is 25.1 Å². The van der Waals surface area contributed by atoms with Gasteiger partial charge in [-0.25, -0.2) is 4.79 Å². The predicted octanol–water partition coefficient (Wildman–Crippen LogP) is 1.06. The van der Waals surface area contributed by atoms with Crippen LogP contribution >= 0.6 is 0 Å². The third-order valence-electron chi connectivity index (χ3n) is 2.39. The largest absolute Gasteiger partial charge is 0.477 e. The smallest absolute Gasteiger partial charge is 0.341 e. The molecule has 1 aromatic rings. The highest BCUT2D eigenvalue weighted by Gasteiger charge is 2.13. The third-order valence-corrected chi connectivity index (χ3v) is 2.39. The van der Waals surface area contributed by atoms with E-state index in [-0.39, 0.29) is 11.6 Å². The molecule has 1 rings (SSSR count). The van der Waals surface area contributed by atoms with E-state index in [1.807, 2.05) is 6.92 Å². The minimum atomic E-state index is -1.21. The number of hydrogen-bond acceptors (Lipinski definition) is 3. The molecule has 16 heavy (non-hydrogen) atoms. The van der Waals surface area contributed by atoms with Crippen LogP contribution in [0, 0.1) is 6.92 Å². The van der Waals surface area contributed by atoms with Crippen LogP contribution < -0.4 is 5.43 Å². The van der Waals surface area contributed by atoms with Gasteiger partial charge in [0.25, 0.3) is 0 Å². The third kappa shape index (κ3) is 2.49. The summed E-state index contributed by atoms with van der Waals surface area (Å²) in [5, 5.41) is 8.85. The number of ether oxygens (including phenoxy) is 1. The van der Waals surface area contributed by atoms with Crippen LogP contribution in [0.2, 0.25) is 0 Å². The second-order valence-corrected chi connectivity index (χ2v) is 3.71. The second kappa shape index (κ2) is 4.94. The lowest BCUT2D eigenvalue weighted by molar-refractivity contribution is 0.0693. The van der Waals surface area contributed by atoms with Gasteiger partial charge in [-0.1, -0.05) is 0 Å². The fourth-order valence-corrected chi connectivity index (χ4v) is 1.60. The Morgan fingerprint density at radius 2 is 2.25 bits per heavy atom. The maximum absolute atomic E-state index is 11.4. The Morgan fingerprint density at radius 1 is 1.62 bits per heavy atom. The summed E-state index contributed by atoms with van der Waals surface area (Å²) in [6.07, 6.45) is 1.36. The Hall–Kier alpha value is -1.62. The fraction of sp³-hybridized carbons (Fsp3) is 0.455. The zero-order valence-electron chi connectivity index (χ0n) is 9.56. The first kappa shape index (κ1) is 12.4. The van der Waals surface area contributed by atoms with Crippen LogP contribution in [0.5, 0.6) is 0 Å². The van der Waals surface area contributed by atoms with E-state index in [1.165, 1.54) is 12.3 Å². The summed E-state index contributed by atoms with van der Waals surface area (Å²) in [4.78, 5) is 22.2. The van der Waals surface area contributed by atoms with Crippen molar-refractivity contribution in [3.63, 3.8) is 0 Å². The molecule has 0 amide bonds. The molecule has 0 bridgehead atoms. The topological polar surface area (TPSA) is 68.5 Å². The maximum atomic E-state index is 11.4. The monoisotopic (exact) mass is 225 g/mol. The van der Waals surface area contributed by atoms with Crippen LogP contribution in [0.25, 0.3) is 0 Å². The number of nitrogens with zero attached hydrogens (tertiary/aromatic N) is 1. The quantitative estimate of drug-likeness (QED) is 0.832. The summed E-state index contributed by atoms with van der Waals surface area (Å²) >= 11 is 0. The number of methoxy groups -OCH3 is 1. The first-order chi connectivity index (χ1) is 7.47. The second-order valence-electron chi connectivity index (χ2n) is 3.71. The molecule has 5 heteroatoms. The standard InChI is InChI=1S/C11H15NO4/c1-7-4-10(13)9(11(14)15)5-12(7)8(2)6-16-3/h4-5,8H,6H2,1-3H3,(H,14,15)/t8-/m0/s1. The molecule has 0 aliphatic carbocycles. The molecule has 5 nitrogen and oxygen atoms in total. The molecule has 0 radical (unpaired) electrons. The average molecular weight is 225 g/mol. The van der Waals surface area contributed by atoms with Crippen molar-refractivity contribution >= 4 is 5.97 Å². The van der Waals surface area contributed by atoms with Gasteiger partial charge in [-0.2, -0.15) is 0 Å². The Balaban J connectivity index is 3.24. The highest BCUT2D eigenvalue weighted by atomic mass is 16.5. The van der Waals surface area contributed by atoms with Crippen LogP contribution in [0.15, 0.2) is 17.1 Å². The summed E-state index contributed by atoms with van der Waals surface area (Å²) in [5.74, 6) is -1.21. The molecular formula is C11H15NO4. The van der Waals surface area contributed by atoms with E-state index in [1.54, 1.807) is 18.6 Å². The summed E-state index contributed by atoms with van der Waals surface area (Å²) in [6.45, 7) is 4.12. The summed E-state index contributed by atoms with van der Waals surface area (Å²) in [5.41, 5.74) is 0.0407. The number of aryl methyl sites for hydroxylation is 1. The summed E-state index contributed by atoms with van der Waals surface area (Å²) < 4.78 is 6.73. The molecule has 0 aliphatic rings. The van der Waals surface area contributed by atoms with E-state index >= 15 is 0 Å². The molecule has 0 aliphatic heterocycles. The number of carbonyl (C=O) groups is 1. The lowest BCUT2D eigenvalue weighted by atomic mass is 10.2. The van der Waals surface area contributed by atoms with Crippen molar-refractivity contribution in [2.24, 2.45) is 0 Å². The van der Waals surface area contributed by atoms with Crippen molar-refractivity contribution in [3.8, 4) is 0 Å². The molecule has 1 atom stereocenters. The minimum Gasteiger partial charge on any atom is -0.477 e. The molecule has 0 saturated heterocycles. The first-order valence-corrected chi connectivity index (χ1v) is 4.92. The van der Waals surface area contributed by atoms with Gasteiger partial charge in [0.2, 0.25) is 0 Å². The molecule has 1 aromatic heterocycles. The van der Waals surface area contributed by atoms with Gasteiger partial charge in [0.05, 0.1) is 12.6 Å². The molecule has 0 unspecified atom stereocenters. The predicted molar refractivity (Wildman–Crippen MR) is 59.0 cm³/mol. The van der Waals surface area contributed by atoms with Gasteiger partial charge in [0.15, 0.2) is 5.43 Å². The van der Waals surface area contributed by atoms with Gasteiger partial charge < -0.3 is 14.4 Å². The number of carboxylic acid groups (broad SMARTS) is 1. The molecule has 0 fully saturated rings. The van der Waals surface area contributed by atoms with E-state index in [9.17, 15) is 9.59 Å². The lowest BCUT2D eigenvalue weighted by Gasteiger charge is -2.18. The van der Waals surface area contributed by atoms with E-state index in [0.29, 0.717) is 6.61 Å². The number of carboxylic acids is 1. The maximum Gasteiger partial charge on any atom is 0.341 e. The molecule has 1 N–H and O–H groups in total. The van der Waals surface area contributed by atoms with Crippen molar-refractivity contribution in [1.29, 1.82) is 0 Å². The van der Waals surface area contributed by atoms with Crippen molar-refractivity contribution < 1.29 is 14.6 Å². The number of aromatic carboxylic acids is 1. The fourth-order valence-electron chi connectivity index (χ4n) is 1.60. The Kier molecular flexibility index (Phi) is 3.84. The van der Waals surface area contributed by atoms with Crippen LogP contribution in [-0.4, -0.2) is 29.4 Å². The molecule has 1 heterocycles. The van der Waals surface area contributed by atoms with Crippen LogP contribution in [0.4, 0.5) is 0 Å². The highest BCUT2D eigenvalue weighted by molar-refractivity contribution is 5.87. The average Bonchev–Trinajstić information content (AvgIpc) is 2.17. The Morgan fingerprint density at radius 3 is 2.75 bits per heavy atom. The lowest BCUT2D eigenvalue weighted by Crippen LogP contribution is -2.22. The van der Waals surface area contributed by atoms with Crippen molar-refractivity contribution in [1.82, 2.24) is 4.57 Å². The van der Waals surface area contributed by atoms with Crippen LogP contribution in [-0.2, 0) is 4.74 Å². The van der Waals surface area contributed by atoms with E-state index in [0.717, 1.165) is 5.69 Å². The highest BCUT2D eigenvalue weighted by Crippen LogP contribution is 2.09. The zero-order chi connectivity index (χ0) is 12.3.